The van der Waals surface area contributed by atoms with Crippen molar-refractivity contribution in [2.75, 3.05) is 6.54 Å². The van der Waals surface area contributed by atoms with Crippen molar-refractivity contribution in [1.82, 2.24) is 5.32 Å². The summed E-state index contributed by atoms with van der Waals surface area (Å²) in [5.74, 6) is 0.752. The second kappa shape index (κ2) is 13.6. The minimum absolute atomic E-state index is 0.194. The van der Waals surface area contributed by atoms with E-state index < -0.39 is 0 Å². The Labute approximate surface area is 162 Å². The van der Waals surface area contributed by atoms with Crippen LogP contribution in [0.3, 0.4) is 0 Å². The first kappa shape index (κ1) is 22.4. The SMILES string of the molecule is C=C(/C=C\C/C=C\C)C(NCC(CCC)CCC)c1cccc(CC)c1. The summed E-state index contributed by atoms with van der Waals surface area (Å²) in [5.41, 5.74) is 3.87. The van der Waals surface area contributed by atoms with E-state index in [0.29, 0.717) is 0 Å². The maximum atomic E-state index is 4.38. The number of hydrogen-bond donors (Lipinski definition) is 1. The van der Waals surface area contributed by atoms with Crippen LogP contribution in [-0.4, -0.2) is 6.54 Å². The predicted octanol–water partition coefficient (Wildman–Crippen LogP) is 7.17. The molecule has 0 radical (unpaired) electrons. The van der Waals surface area contributed by atoms with Gasteiger partial charge in [-0.15, -0.1) is 0 Å². The molecule has 0 spiro atoms. The summed E-state index contributed by atoms with van der Waals surface area (Å²) in [7, 11) is 0. The Kier molecular flexibility index (Phi) is 11.7. The summed E-state index contributed by atoms with van der Waals surface area (Å²) >= 11 is 0. The van der Waals surface area contributed by atoms with Gasteiger partial charge in [0.15, 0.2) is 0 Å². The van der Waals surface area contributed by atoms with Crippen molar-refractivity contribution >= 4 is 0 Å². The summed E-state index contributed by atoms with van der Waals surface area (Å²) in [4.78, 5) is 0. The normalized spacial score (nSPS) is 13.1. The van der Waals surface area contributed by atoms with Crippen LogP contribution < -0.4 is 5.32 Å². The van der Waals surface area contributed by atoms with Gasteiger partial charge in [-0.3, -0.25) is 0 Å². The van der Waals surface area contributed by atoms with Crippen molar-refractivity contribution in [3.8, 4) is 0 Å². The van der Waals surface area contributed by atoms with E-state index in [-0.39, 0.29) is 6.04 Å². The lowest BCUT2D eigenvalue weighted by atomic mass is 9.94. The molecule has 1 N–H and O–H groups in total. The molecular formula is C25H39N. The molecule has 0 heterocycles. The van der Waals surface area contributed by atoms with E-state index in [9.17, 15) is 0 Å². The summed E-state index contributed by atoms with van der Waals surface area (Å²) in [6.07, 6.45) is 15.8. The zero-order valence-corrected chi connectivity index (χ0v) is 17.4. The Morgan fingerprint density at radius 3 is 2.46 bits per heavy atom. The Balaban J connectivity index is 2.92. The van der Waals surface area contributed by atoms with Crippen LogP contribution in [0, 0.1) is 5.92 Å². The fourth-order valence-corrected chi connectivity index (χ4v) is 3.44. The first-order valence-electron chi connectivity index (χ1n) is 10.4. The van der Waals surface area contributed by atoms with E-state index in [1.807, 2.05) is 0 Å². The van der Waals surface area contributed by atoms with Gasteiger partial charge in [0.25, 0.3) is 0 Å². The standard InChI is InChI=1S/C25H39N/c1-6-10-11-12-16-21(5)25(24-18-13-17-22(9-4)19-24)26-20-23(14-7-2)15-8-3/h6,10,12-13,16-19,23,25-26H,5,7-9,11,14-15,20H2,1-4H3/b10-6-,16-12-. The first-order valence-corrected chi connectivity index (χ1v) is 10.4. The van der Waals surface area contributed by atoms with Gasteiger partial charge < -0.3 is 5.32 Å². The Morgan fingerprint density at radius 1 is 1.12 bits per heavy atom. The van der Waals surface area contributed by atoms with E-state index in [0.717, 1.165) is 30.9 Å². The number of nitrogens with one attached hydrogen (secondary N) is 1. The molecule has 0 saturated carbocycles. The van der Waals surface area contributed by atoms with Crippen LogP contribution in [0.1, 0.15) is 77.0 Å². The highest BCUT2D eigenvalue weighted by Crippen LogP contribution is 2.24. The minimum Gasteiger partial charge on any atom is -0.306 e. The summed E-state index contributed by atoms with van der Waals surface area (Å²) in [5, 5.41) is 3.83. The van der Waals surface area contributed by atoms with Gasteiger partial charge in [-0.25, -0.2) is 0 Å². The van der Waals surface area contributed by atoms with Crippen molar-refractivity contribution in [3.63, 3.8) is 0 Å². The molecule has 1 aromatic carbocycles. The van der Waals surface area contributed by atoms with Gasteiger partial charge in [0, 0.05) is 0 Å². The van der Waals surface area contributed by atoms with Crippen LogP contribution in [0.5, 0.6) is 0 Å². The second-order valence-corrected chi connectivity index (χ2v) is 7.17. The van der Waals surface area contributed by atoms with Gasteiger partial charge in [-0.1, -0.05) is 88.8 Å². The van der Waals surface area contributed by atoms with Gasteiger partial charge in [-0.05, 0) is 61.8 Å². The predicted molar refractivity (Wildman–Crippen MR) is 118 cm³/mol. The molecule has 26 heavy (non-hydrogen) atoms. The van der Waals surface area contributed by atoms with E-state index in [4.69, 9.17) is 0 Å². The molecule has 0 aliphatic rings. The second-order valence-electron chi connectivity index (χ2n) is 7.17. The van der Waals surface area contributed by atoms with Crippen molar-refractivity contribution in [2.24, 2.45) is 5.92 Å². The van der Waals surface area contributed by atoms with Gasteiger partial charge in [-0.2, -0.15) is 0 Å². The van der Waals surface area contributed by atoms with Crippen molar-refractivity contribution in [2.45, 2.75) is 72.3 Å². The Hall–Kier alpha value is -1.60. The molecule has 0 aromatic heterocycles. The Bertz CT molecular complexity index is 561. The third kappa shape index (κ3) is 8.19. The smallest absolute Gasteiger partial charge is 0.0571 e. The molecule has 0 bridgehead atoms. The van der Waals surface area contributed by atoms with Gasteiger partial charge >= 0.3 is 0 Å². The van der Waals surface area contributed by atoms with Crippen molar-refractivity contribution in [3.05, 3.63) is 71.8 Å². The summed E-state index contributed by atoms with van der Waals surface area (Å²) in [6, 6.07) is 9.14. The molecule has 1 rings (SSSR count). The van der Waals surface area contributed by atoms with Gasteiger partial charge in [0.2, 0.25) is 0 Å². The largest absolute Gasteiger partial charge is 0.306 e. The number of benzene rings is 1. The monoisotopic (exact) mass is 353 g/mol. The number of aryl methyl sites for hydroxylation is 1. The third-order valence-electron chi connectivity index (χ3n) is 4.91. The number of rotatable bonds is 13. The Morgan fingerprint density at radius 2 is 1.85 bits per heavy atom. The molecule has 144 valence electrons. The average Bonchev–Trinajstić information content (AvgIpc) is 2.66. The van der Waals surface area contributed by atoms with Crippen LogP contribution in [0.2, 0.25) is 0 Å². The van der Waals surface area contributed by atoms with Crippen molar-refractivity contribution < 1.29 is 0 Å². The zero-order chi connectivity index (χ0) is 19.2. The number of allylic oxidation sites excluding steroid dienone is 3. The van der Waals surface area contributed by atoms with E-state index in [1.165, 1.54) is 36.8 Å². The van der Waals surface area contributed by atoms with E-state index in [2.05, 4.69) is 88.2 Å². The van der Waals surface area contributed by atoms with Crippen molar-refractivity contribution in [1.29, 1.82) is 0 Å². The average molecular weight is 354 g/mol. The fraction of sp³-hybridized carbons (Fsp3) is 0.520. The van der Waals surface area contributed by atoms with Gasteiger partial charge in [0.05, 0.1) is 6.04 Å². The molecule has 0 aliphatic carbocycles. The highest BCUT2D eigenvalue weighted by Gasteiger charge is 2.16. The molecular weight excluding hydrogens is 314 g/mol. The highest BCUT2D eigenvalue weighted by atomic mass is 14.9. The minimum atomic E-state index is 0.194. The summed E-state index contributed by atoms with van der Waals surface area (Å²) < 4.78 is 0. The highest BCUT2D eigenvalue weighted by molar-refractivity contribution is 5.35. The maximum absolute atomic E-state index is 4.38. The fourth-order valence-electron chi connectivity index (χ4n) is 3.44. The van der Waals surface area contributed by atoms with E-state index >= 15 is 0 Å². The lowest BCUT2D eigenvalue weighted by Gasteiger charge is -2.24. The molecule has 0 amide bonds. The molecule has 1 aromatic rings. The first-order chi connectivity index (χ1) is 12.7. The molecule has 1 atom stereocenters. The maximum Gasteiger partial charge on any atom is 0.0571 e. The molecule has 1 nitrogen and oxygen atoms in total. The molecule has 0 saturated heterocycles. The lowest BCUT2D eigenvalue weighted by molar-refractivity contribution is 0.396. The van der Waals surface area contributed by atoms with Crippen LogP contribution in [0.4, 0.5) is 0 Å². The van der Waals surface area contributed by atoms with E-state index in [1.54, 1.807) is 0 Å². The lowest BCUT2D eigenvalue weighted by Crippen LogP contribution is -2.28. The van der Waals surface area contributed by atoms with Gasteiger partial charge in [0.1, 0.15) is 0 Å². The third-order valence-corrected chi connectivity index (χ3v) is 4.91. The molecule has 1 unspecified atom stereocenters. The van der Waals surface area contributed by atoms with Crippen LogP contribution in [-0.2, 0) is 6.42 Å². The quantitative estimate of drug-likeness (QED) is 0.293. The molecule has 0 aliphatic heterocycles. The van der Waals surface area contributed by atoms with Crippen LogP contribution >= 0.6 is 0 Å². The molecule has 1 heteroatoms. The summed E-state index contributed by atoms with van der Waals surface area (Å²) in [6.45, 7) is 14.3. The molecule has 0 fully saturated rings. The topological polar surface area (TPSA) is 12.0 Å². The zero-order valence-electron chi connectivity index (χ0n) is 17.4. The van der Waals surface area contributed by atoms with Crippen LogP contribution in [0.15, 0.2) is 60.7 Å². The van der Waals surface area contributed by atoms with Crippen LogP contribution in [0.25, 0.3) is 0 Å². The number of hydrogen-bond acceptors (Lipinski definition) is 1.